The van der Waals surface area contributed by atoms with E-state index < -0.39 is 0 Å². The number of anilines is 1. The molecule has 0 atom stereocenters. The molecular formula is C24H23N3O3S. The Balaban J connectivity index is 1.63. The van der Waals surface area contributed by atoms with E-state index >= 15 is 0 Å². The Bertz CT molecular complexity index is 1250. The summed E-state index contributed by atoms with van der Waals surface area (Å²) in [7, 11) is 1.62. The summed E-state index contributed by atoms with van der Waals surface area (Å²) < 4.78 is 10.8. The van der Waals surface area contributed by atoms with Crippen LogP contribution in [0.2, 0.25) is 0 Å². The lowest BCUT2D eigenvalue weighted by atomic mass is 10.1. The molecule has 0 aliphatic carbocycles. The molecule has 0 saturated heterocycles. The smallest absolute Gasteiger partial charge is 0.253 e. The lowest BCUT2D eigenvalue weighted by Crippen LogP contribution is -2.35. The molecule has 2 N–H and O–H groups in total. The number of nitrogens with zero attached hydrogens (tertiary/aromatic N) is 1. The molecule has 4 aromatic rings. The Morgan fingerprint density at radius 2 is 1.94 bits per heavy atom. The van der Waals surface area contributed by atoms with Crippen LogP contribution in [0.1, 0.15) is 16.9 Å². The van der Waals surface area contributed by atoms with Gasteiger partial charge in [-0.25, -0.2) is 0 Å². The molecule has 158 valence electrons. The average molecular weight is 434 g/mol. The Morgan fingerprint density at radius 3 is 2.65 bits per heavy atom. The molecule has 0 bridgehead atoms. The Hall–Kier alpha value is -3.58. The number of methoxy groups -OCH3 is 1. The third-order valence-electron chi connectivity index (χ3n) is 5.01. The van der Waals surface area contributed by atoms with Gasteiger partial charge in [-0.2, -0.15) is 0 Å². The normalized spacial score (nSPS) is 10.8. The minimum atomic E-state index is -0.153. The number of benzene rings is 2. The number of fused-ring (bicyclic) bond motifs is 1. The molecule has 0 spiro atoms. The van der Waals surface area contributed by atoms with Crippen LogP contribution in [0, 0.1) is 6.92 Å². The predicted molar refractivity (Wildman–Crippen MR) is 126 cm³/mol. The van der Waals surface area contributed by atoms with Crippen LogP contribution >= 0.6 is 12.2 Å². The number of rotatable bonds is 6. The largest absolute Gasteiger partial charge is 0.497 e. The first kappa shape index (κ1) is 20.7. The predicted octanol–water partition coefficient (Wildman–Crippen LogP) is 4.84. The number of thiocarbonyl (C=S) groups is 1. The van der Waals surface area contributed by atoms with Crippen molar-refractivity contribution in [2.45, 2.75) is 20.0 Å². The van der Waals surface area contributed by atoms with Crippen molar-refractivity contribution in [1.29, 1.82) is 0 Å². The molecule has 2 aromatic heterocycles. The fourth-order valence-corrected chi connectivity index (χ4v) is 3.56. The van der Waals surface area contributed by atoms with E-state index in [-0.39, 0.29) is 5.56 Å². The zero-order valence-electron chi connectivity index (χ0n) is 17.3. The van der Waals surface area contributed by atoms with Crippen molar-refractivity contribution in [3.05, 3.63) is 94.2 Å². The first-order valence-electron chi connectivity index (χ1n) is 9.87. The molecule has 0 saturated carbocycles. The Labute approximate surface area is 185 Å². The van der Waals surface area contributed by atoms with Crippen molar-refractivity contribution in [3.63, 3.8) is 0 Å². The molecule has 4 rings (SSSR count). The molecule has 0 aliphatic heterocycles. The molecular weight excluding hydrogens is 410 g/mol. The van der Waals surface area contributed by atoms with E-state index in [4.69, 9.17) is 21.4 Å². The highest BCUT2D eigenvalue weighted by molar-refractivity contribution is 7.80. The van der Waals surface area contributed by atoms with Crippen LogP contribution < -0.4 is 15.6 Å². The van der Waals surface area contributed by atoms with Gasteiger partial charge in [-0.05, 0) is 67.7 Å². The molecule has 7 heteroatoms. The van der Waals surface area contributed by atoms with E-state index in [0.29, 0.717) is 23.8 Å². The van der Waals surface area contributed by atoms with Gasteiger partial charge in [0.25, 0.3) is 5.56 Å². The summed E-state index contributed by atoms with van der Waals surface area (Å²) in [6.45, 7) is 2.79. The summed E-state index contributed by atoms with van der Waals surface area (Å²) in [4.78, 5) is 17.6. The van der Waals surface area contributed by atoms with Crippen molar-refractivity contribution in [3.8, 4) is 5.75 Å². The van der Waals surface area contributed by atoms with Gasteiger partial charge >= 0.3 is 0 Å². The quantitative estimate of drug-likeness (QED) is 0.424. The minimum absolute atomic E-state index is 0.153. The molecule has 0 unspecified atom stereocenters. The number of hydrogen-bond acceptors (Lipinski definition) is 4. The number of hydrogen-bond donors (Lipinski definition) is 2. The van der Waals surface area contributed by atoms with Gasteiger partial charge in [0.2, 0.25) is 0 Å². The van der Waals surface area contributed by atoms with Crippen LogP contribution in [0.4, 0.5) is 5.69 Å². The van der Waals surface area contributed by atoms with Crippen LogP contribution in [0.5, 0.6) is 5.75 Å². The number of ether oxygens (including phenoxy) is 1. The SMILES string of the molecule is COc1ccc2[nH]c(=O)c(CN(Cc3ccco3)C(=S)Nc3ccc(C)cc3)cc2c1. The first-order chi connectivity index (χ1) is 15.0. The maximum Gasteiger partial charge on any atom is 0.253 e. The minimum Gasteiger partial charge on any atom is -0.497 e. The molecule has 31 heavy (non-hydrogen) atoms. The Morgan fingerprint density at radius 1 is 1.13 bits per heavy atom. The number of furan rings is 1. The summed E-state index contributed by atoms with van der Waals surface area (Å²) in [6, 6.07) is 19.1. The lowest BCUT2D eigenvalue weighted by molar-refractivity contribution is 0.359. The van der Waals surface area contributed by atoms with E-state index in [1.54, 1.807) is 13.4 Å². The second-order valence-electron chi connectivity index (χ2n) is 7.31. The molecule has 2 heterocycles. The average Bonchev–Trinajstić information content (AvgIpc) is 3.28. The number of aromatic amines is 1. The van der Waals surface area contributed by atoms with Gasteiger partial charge in [0.1, 0.15) is 11.5 Å². The number of H-pyrrole nitrogens is 1. The summed E-state index contributed by atoms with van der Waals surface area (Å²) in [6.07, 6.45) is 1.62. The second kappa shape index (κ2) is 9.06. The zero-order chi connectivity index (χ0) is 21.8. The van der Waals surface area contributed by atoms with Gasteiger partial charge in [0.05, 0.1) is 26.5 Å². The maximum absolute atomic E-state index is 12.7. The first-order valence-corrected chi connectivity index (χ1v) is 10.3. The fourth-order valence-electron chi connectivity index (χ4n) is 3.31. The molecule has 0 aliphatic rings. The van der Waals surface area contributed by atoms with E-state index in [2.05, 4.69) is 10.3 Å². The second-order valence-corrected chi connectivity index (χ2v) is 7.70. The van der Waals surface area contributed by atoms with Crippen molar-refractivity contribution in [2.24, 2.45) is 0 Å². The van der Waals surface area contributed by atoms with Gasteiger partial charge in [-0.3, -0.25) is 4.79 Å². The van der Waals surface area contributed by atoms with Crippen LogP contribution in [-0.2, 0) is 13.1 Å². The molecule has 0 fully saturated rings. The third kappa shape index (κ3) is 4.95. The molecule has 6 nitrogen and oxygen atoms in total. The number of aromatic nitrogens is 1. The zero-order valence-corrected chi connectivity index (χ0v) is 18.2. The Kier molecular flexibility index (Phi) is 6.04. The van der Waals surface area contributed by atoms with E-state index in [0.717, 1.165) is 28.1 Å². The van der Waals surface area contributed by atoms with Crippen molar-refractivity contribution in [2.75, 3.05) is 12.4 Å². The standard InChI is InChI=1S/C24H23N3O3S/c1-16-5-7-19(8-6-16)25-24(31)27(15-21-4-3-11-30-21)14-18-12-17-13-20(29-2)9-10-22(17)26-23(18)28/h3-13H,14-15H2,1-2H3,(H,25,31)(H,26,28). The fraction of sp³-hybridized carbons (Fsp3) is 0.167. The van der Waals surface area contributed by atoms with Crippen LogP contribution in [-0.4, -0.2) is 22.1 Å². The third-order valence-corrected chi connectivity index (χ3v) is 5.37. The van der Waals surface area contributed by atoms with Crippen molar-refractivity contribution >= 4 is 33.9 Å². The lowest BCUT2D eigenvalue weighted by Gasteiger charge is -2.25. The number of nitrogens with one attached hydrogen (secondary N) is 2. The number of pyridine rings is 1. The highest BCUT2D eigenvalue weighted by Gasteiger charge is 2.16. The molecule has 2 aromatic carbocycles. The summed E-state index contributed by atoms with van der Waals surface area (Å²) >= 11 is 5.68. The van der Waals surface area contributed by atoms with Gasteiger partial charge in [-0.15, -0.1) is 0 Å². The summed E-state index contributed by atoms with van der Waals surface area (Å²) in [5, 5.41) is 4.66. The van der Waals surface area contributed by atoms with Crippen LogP contribution in [0.25, 0.3) is 10.9 Å². The van der Waals surface area contributed by atoms with Gasteiger partial charge in [0.15, 0.2) is 5.11 Å². The van der Waals surface area contributed by atoms with Crippen molar-refractivity contribution < 1.29 is 9.15 Å². The van der Waals surface area contributed by atoms with Gasteiger partial charge in [0, 0.05) is 22.2 Å². The molecule has 0 amide bonds. The van der Waals surface area contributed by atoms with Crippen LogP contribution in [0.15, 0.2) is 76.1 Å². The van der Waals surface area contributed by atoms with Crippen molar-refractivity contribution in [1.82, 2.24) is 9.88 Å². The highest BCUT2D eigenvalue weighted by Crippen LogP contribution is 2.20. The number of aryl methyl sites for hydroxylation is 1. The van der Waals surface area contributed by atoms with Crippen LogP contribution in [0.3, 0.4) is 0 Å². The highest BCUT2D eigenvalue weighted by atomic mass is 32.1. The van der Waals surface area contributed by atoms with E-state index in [1.807, 2.05) is 72.5 Å². The summed E-state index contributed by atoms with van der Waals surface area (Å²) in [5.74, 6) is 1.49. The van der Waals surface area contributed by atoms with E-state index in [1.165, 1.54) is 5.56 Å². The topological polar surface area (TPSA) is 70.5 Å². The summed E-state index contributed by atoms with van der Waals surface area (Å²) in [5.41, 5.74) is 3.26. The van der Waals surface area contributed by atoms with Gasteiger partial charge in [-0.1, -0.05) is 17.7 Å². The molecule has 0 radical (unpaired) electrons. The van der Waals surface area contributed by atoms with Gasteiger partial charge < -0.3 is 24.4 Å². The monoisotopic (exact) mass is 433 g/mol. The van der Waals surface area contributed by atoms with E-state index in [9.17, 15) is 4.79 Å². The maximum atomic E-state index is 12.7.